The van der Waals surface area contributed by atoms with Gasteiger partial charge in [0.2, 0.25) is 0 Å². The number of rotatable bonds is 8. The molecule has 0 heterocycles. The van der Waals surface area contributed by atoms with Crippen LogP contribution in [-0.2, 0) is 4.74 Å². The third kappa shape index (κ3) is 10.2. The highest BCUT2D eigenvalue weighted by atomic mass is 19.4. The van der Waals surface area contributed by atoms with Crippen LogP contribution in [0.15, 0.2) is 0 Å². The first kappa shape index (κ1) is 15.7. The van der Waals surface area contributed by atoms with Crippen molar-refractivity contribution in [3.63, 3.8) is 0 Å². The summed E-state index contributed by atoms with van der Waals surface area (Å²) in [5.74, 6) is 0. The summed E-state index contributed by atoms with van der Waals surface area (Å²) in [5, 5.41) is 11.7. The van der Waals surface area contributed by atoms with Crippen LogP contribution in [0, 0.1) is 5.41 Å². The van der Waals surface area contributed by atoms with Gasteiger partial charge in [0.05, 0.1) is 6.61 Å². The molecule has 0 aliphatic carbocycles. The second-order valence-electron chi connectivity index (χ2n) is 4.48. The van der Waals surface area contributed by atoms with E-state index in [0.717, 1.165) is 0 Å². The van der Waals surface area contributed by atoms with Crippen molar-refractivity contribution in [1.82, 2.24) is 5.32 Å². The van der Waals surface area contributed by atoms with Crippen molar-refractivity contribution in [2.24, 2.45) is 5.41 Å². The van der Waals surface area contributed by atoms with Gasteiger partial charge in [-0.15, -0.1) is 0 Å². The molecule has 0 unspecified atom stereocenters. The molecule has 0 rings (SSSR count). The summed E-state index contributed by atoms with van der Waals surface area (Å²) in [5.41, 5.74) is -0.0568. The Hall–Kier alpha value is -0.330. The van der Waals surface area contributed by atoms with Gasteiger partial charge in [0.15, 0.2) is 0 Å². The molecule has 0 aliphatic rings. The molecule has 0 saturated carbocycles. The van der Waals surface area contributed by atoms with Crippen molar-refractivity contribution in [2.45, 2.75) is 26.4 Å². The lowest BCUT2D eigenvalue weighted by molar-refractivity contribution is -0.173. The van der Waals surface area contributed by atoms with Gasteiger partial charge in [-0.1, -0.05) is 13.8 Å². The molecule has 0 fully saturated rings. The fourth-order valence-electron chi connectivity index (χ4n) is 1.15. The molecule has 0 radical (unpaired) electrons. The van der Waals surface area contributed by atoms with Gasteiger partial charge in [-0.25, -0.2) is 0 Å². The van der Waals surface area contributed by atoms with E-state index in [0.29, 0.717) is 19.5 Å². The summed E-state index contributed by atoms with van der Waals surface area (Å²) >= 11 is 0. The summed E-state index contributed by atoms with van der Waals surface area (Å²) in [4.78, 5) is 0. The van der Waals surface area contributed by atoms with E-state index >= 15 is 0 Å². The smallest absolute Gasteiger partial charge is 0.396 e. The molecule has 0 amide bonds. The van der Waals surface area contributed by atoms with Crippen LogP contribution in [-0.4, -0.2) is 44.2 Å². The van der Waals surface area contributed by atoms with E-state index in [-0.39, 0.29) is 18.6 Å². The maximum absolute atomic E-state index is 11.7. The normalized spacial score (nSPS) is 13.1. The van der Waals surface area contributed by atoms with Gasteiger partial charge in [-0.3, -0.25) is 0 Å². The van der Waals surface area contributed by atoms with E-state index in [1.54, 1.807) is 0 Å². The molecular formula is C10H20F3NO2. The third-order valence-electron chi connectivity index (χ3n) is 2.08. The molecule has 0 aliphatic heterocycles. The van der Waals surface area contributed by atoms with Gasteiger partial charge in [0, 0.05) is 19.7 Å². The van der Waals surface area contributed by atoms with Crippen molar-refractivity contribution in [3.8, 4) is 0 Å². The molecule has 2 N–H and O–H groups in total. The maximum atomic E-state index is 11.7. The molecule has 0 aromatic rings. The zero-order valence-electron chi connectivity index (χ0n) is 9.73. The van der Waals surface area contributed by atoms with Gasteiger partial charge < -0.3 is 15.2 Å². The Morgan fingerprint density at radius 1 is 1.25 bits per heavy atom. The van der Waals surface area contributed by atoms with E-state index in [2.05, 4.69) is 10.1 Å². The zero-order valence-corrected chi connectivity index (χ0v) is 9.73. The first-order chi connectivity index (χ1) is 7.27. The fourth-order valence-corrected chi connectivity index (χ4v) is 1.15. The highest BCUT2D eigenvalue weighted by Gasteiger charge is 2.27. The average Bonchev–Trinajstić information content (AvgIpc) is 2.09. The van der Waals surface area contributed by atoms with E-state index in [9.17, 15) is 13.2 Å². The minimum atomic E-state index is -4.25. The lowest BCUT2D eigenvalue weighted by Gasteiger charge is -2.23. The third-order valence-corrected chi connectivity index (χ3v) is 2.08. The van der Waals surface area contributed by atoms with Gasteiger partial charge in [0.1, 0.15) is 6.61 Å². The quantitative estimate of drug-likeness (QED) is 0.636. The van der Waals surface area contributed by atoms with Crippen molar-refractivity contribution >= 4 is 0 Å². The zero-order chi connectivity index (χ0) is 12.7. The molecule has 3 nitrogen and oxygen atoms in total. The van der Waals surface area contributed by atoms with Crippen LogP contribution in [0.4, 0.5) is 13.2 Å². The Bertz CT molecular complexity index is 183. The Labute approximate surface area is 94.0 Å². The van der Waals surface area contributed by atoms with Gasteiger partial charge in [-0.05, 0) is 11.8 Å². The second-order valence-corrected chi connectivity index (χ2v) is 4.48. The van der Waals surface area contributed by atoms with Gasteiger partial charge in [-0.2, -0.15) is 13.2 Å². The summed E-state index contributed by atoms with van der Waals surface area (Å²) in [6.45, 7) is 3.93. The largest absolute Gasteiger partial charge is 0.411 e. The topological polar surface area (TPSA) is 41.5 Å². The molecule has 0 aromatic heterocycles. The van der Waals surface area contributed by atoms with Crippen LogP contribution in [0.2, 0.25) is 0 Å². The van der Waals surface area contributed by atoms with Gasteiger partial charge >= 0.3 is 6.18 Å². The SMILES string of the molecule is CC(C)(CCO)CNCCOCC(F)(F)F. The van der Waals surface area contributed by atoms with Crippen molar-refractivity contribution in [1.29, 1.82) is 0 Å². The minimum Gasteiger partial charge on any atom is -0.396 e. The number of halogens is 3. The van der Waals surface area contributed by atoms with Crippen LogP contribution in [0.25, 0.3) is 0 Å². The number of hydrogen-bond acceptors (Lipinski definition) is 3. The first-order valence-corrected chi connectivity index (χ1v) is 5.23. The Kier molecular flexibility index (Phi) is 6.94. The number of ether oxygens (including phenoxy) is 1. The van der Waals surface area contributed by atoms with Crippen molar-refractivity contribution in [3.05, 3.63) is 0 Å². The lowest BCUT2D eigenvalue weighted by atomic mass is 9.90. The Balaban J connectivity index is 3.40. The molecule has 0 atom stereocenters. The van der Waals surface area contributed by atoms with E-state index in [4.69, 9.17) is 5.11 Å². The van der Waals surface area contributed by atoms with Crippen molar-refractivity contribution < 1.29 is 23.0 Å². The highest BCUT2D eigenvalue weighted by molar-refractivity contribution is 4.70. The first-order valence-electron chi connectivity index (χ1n) is 5.23. The molecule has 0 bridgehead atoms. The molecule has 0 spiro atoms. The predicted octanol–water partition coefficient (Wildman–Crippen LogP) is 1.56. The van der Waals surface area contributed by atoms with E-state index in [1.807, 2.05) is 13.8 Å². The average molecular weight is 243 g/mol. The summed E-state index contributed by atoms with van der Waals surface area (Å²) in [6.07, 6.45) is -3.60. The molecule has 6 heteroatoms. The second kappa shape index (κ2) is 7.09. The lowest BCUT2D eigenvalue weighted by Crippen LogP contribution is -2.33. The molecule has 0 saturated heterocycles. The number of aliphatic hydroxyl groups is 1. The van der Waals surface area contributed by atoms with Crippen LogP contribution in [0.1, 0.15) is 20.3 Å². The minimum absolute atomic E-state index is 0.0364. The Morgan fingerprint density at radius 2 is 1.88 bits per heavy atom. The molecule has 98 valence electrons. The molecule has 16 heavy (non-hydrogen) atoms. The van der Waals surface area contributed by atoms with Gasteiger partial charge in [0.25, 0.3) is 0 Å². The van der Waals surface area contributed by atoms with Crippen molar-refractivity contribution in [2.75, 3.05) is 32.9 Å². The van der Waals surface area contributed by atoms with Crippen LogP contribution in [0.5, 0.6) is 0 Å². The number of hydrogen-bond donors (Lipinski definition) is 2. The van der Waals surface area contributed by atoms with Crippen LogP contribution < -0.4 is 5.32 Å². The monoisotopic (exact) mass is 243 g/mol. The number of aliphatic hydroxyl groups excluding tert-OH is 1. The maximum Gasteiger partial charge on any atom is 0.411 e. The van der Waals surface area contributed by atoms with E-state index < -0.39 is 12.8 Å². The van der Waals surface area contributed by atoms with E-state index in [1.165, 1.54) is 0 Å². The number of nitrogens with one attached hydrogen (secondary N) is 1. The highest BCUT2D eigenvalue weighted by Crippen LogP contribution is 2.17. The summed E-state index contributed by atoms with van der Waals surface area (Å²) in [6, 6.07) is 0. The molecular weight excluding hydrogens is 223 g/mol. The Morgan fingerprint density at radius 3 is 2.38 bits per heavy atom. The van der Waals surface area contributed by atoms with Crippen LogP contribution >= 0.6 is 0 Å². The standard InChI is InChI=1S/C10H20F3NO2/c1-9(2,3-5-15)7-14-4-6-16-8-10(11,12)13/h14-15H,3-8H2,1-2H3. The summed E-state index contributed by atoms with van der Waals surface area (Å²) in [7, 11) is 0. The fraction of sp³-hybridized carbons (Fsp3) is 1.00. The number of alkyl halides is 3. The molecule has 0 aromatic carbocycles. The van der Waals surface area contributed by atoms with Crippen LogP contribution in [0.3, 0.4) is 0 Å². The summed E-state index contributed by atoms with van der Waals surface area (Å²) < 4.78 is 39.5. The predicted molar refractivity (Wildman–Crippen MR) is 55.2 cm³/mol.